The van der Waals surface area contributed by atoms with Crippen molar-refractivity contribution in [3.63, 3.8) is 0 Å². The van der Waals surface area contributed by atoms with Crippen molar-refractivity contribution in [2.24, 2.45) is 11.8 Å². The normalized spacial score (nSPS) is 18.0. The van der Waals surface area contributed by atoms with Gasteiger partial charge in [0.25, 0.3) is 5.91 Å². The van der Waals surface area contributed by atoms with Crippen LogP contribution in [0.3, 0.4) is 0 Å². The molecule has 5 rings (SSSR count). The Bertz CT molecular complexity index is 1260. The second-order valence-corrected chi connectivity index (χ2v) is 8.74. The fourth-order valence-electron chi connectivity index (χ4n) is 4.11. The molecule has 166 valence electrons. The third-order valence-electron chi connectivity index (χ3n) is 6.16. The van der Waals surface area contributed by atoms with Gasteiger partial charge in [-0.1, -0.05) is 55.5 Å². The Hall–Kier alpha value is -3.93. The number of aromatic nitrogens is 2. The summed E-state index contributed by atoms with van der Waals surface area (Å²) in [7, 11) is 0. The molecule has 0 bridgehead atoms. The Labute approximate surface area is 192 Å². The van der Waals surface area contributed by atoms with Gasteiger partial charge in [0, 0.05) is 17.2 Å². The molecule has 6 heteroatoms. The van der Waals surface area contributed by atoms with Crippen LogP contribution in [0.15, 0.2) is 78.9 Å². The molecule has 0 aliphatic heterocycles. The van der Waals surface area contributed by atoms with Crippen LogP contribution in [0.4, 0.5) is 5.69 Å². The van der Waals surface area contributed by atoms with Gasteiger partial charge in [0.1, 0.15) is 5.82 Å². The van der Waals surface area contributed by atoms with Gasteiger partial charge in [0.2, 0.25) is 5.91 Å². The van der Waals surface area contributed by atoms with Crippen LogP contribution in [0.5, 0.6) is 0 Å². The van der Waals surface area contributed by atoms with E-state index in [-0.39, 0.29) is 23.8 Å². The summed E-state index contributed by atoms with van der Waals surface area (Å²) in [5.41, 5.74) is 4.02. The van der Waals surface area contributed by atoms with Crippen molar-refractivity contribution in [2.75, 3.05) is 5.32 Å². The van der Waals surface area contributed by atoms with Crippen LogP contribution in [0.25, 0.3) is 11.0 Å². The number of H-pyrrole nitrogens is 1. The Kier molecular flexibility index (Phi) is 5.65. The van der Waals surface area contributed by atoms with E-state index in [1.54, 1.807) is 18.2 Å². The number of carbonyl (C=O) groups excluding carboxylic acids is 2. The number of amides is 2. The SMILES string of the molecule is CC1CC1C(=O)Nc1cccc(C(=O)N[C@@H](Cc2ccccc2)c2nc3ccccc3[nH]2)c1. The molecule has 1 aromatic heterocycles. The van der Waals surface area contributed by atoms with E-state index in [0.29, 0.717) is 29.4 Å². The maximum Gasteiger partial charge on any atom is 0.251 e. The molecule has 1 aliphatic rings. The number of rotatable bonds is 7. The highest BCUT2D eigenvalue weighted by molar-refractivity contribution is 5.98. The third kappa shape index (κ3) is 4.80. The highest BCUT2D eigenvalue weighted by Gasteiger charge is 2.39. The van der Waals surface area contributed by atoms with Crippen molar-refractivity contribution in [2.45, 2.75) is 25.8 Å². The number of aromatic amines is 1. The van der Waals surface area contributed by atoms with E-state index in [2.05, 4.69) is 22.5 Å². The summed E-state index contributed by atoms with van der Waals surface area (Å²) in [6.45, 7) is 2.07. The van der Waals surface area contributed by atoms with Crippen LogP contribution in [-0.2, 0) is 11.2 Å². The number of anilines is 1. The lowest BCUT2D eigenvalue weighted by Crippen LogP contribution is -2.31. The van der Waals surface area contributed by atoms with Gasteiger partial charge in [0.05, 0.1) is 17.1 Å². The highest BCUT2D eigenvalue weighted by atomic mass is 16.2. The van der Waals surface area contributed by atoms with Gasteiger partial charge in [-0.15, -0.1) is 0 Å². The molecule has 4 aromatic rings. The van der Waals surface area contributed by atoms with Crippen molar-refractivity contribution < 1.29 is 9.59 Å². The average molecular weight is 439 g/mol. The molecule has 33 heavy (non-hydrogen) atoms. The maximum atomic E-state index is 13.2. The van der Waals surface area contributed by atoms with Crippen molar-refractivity contribution in [3.8, 4) is 0 Å². The van der Waals surface area contributed by atoms with E-state index in [9.17, 15) is 9.59 Å². The van der Waals surface area contributed by atoms with Crippen molar-refractivity contribution in [1.29, 1.82) is 0 Å². The lowest BCUT2D eigenvalue weighted by Gasteiger charge is -2.17. The summed E-state index contributed by atoms with van der Waals surface area (Å²) in [5, 5.41) is 6.07. The van der Waals surface area contributed by atoms with Gasteiger partial charge in [-0.3, -0.25) is 9.59 Å². The smallest absolute Gasteiger partial charge is 0.251 e. The predicted octanol–water partition coefficient (Wildman–Crippen LogP) is 4.87. The molecule has 1 aliphatic carbocycles. The van der Waals surface area contributed by atoms with Crippen LogP contribution >= 0.6 is 0 Å². The predicted molar refractivity (Wildman–Crippen MR) is 129 cm³/mol. The molecule has 1 saturated carbocycles. The third-order valence-corrected chi connectivity index (χ3v) is 6.16. The summed E-state index contributed by atoms with van der Waals surface area (Å²) in [6, 6.07) is 24.6. The first-order valence-electron chi connectivity index (χ1n) is 11.3. The zero-order valence-corrected chi connectivity index (χ0v) is 18.4. The molecule has 6 nitrogen and oxygen atoms in total. The molecule has 0 saturated heterocycles. The summed E-state index contributed by atoms with van der Waals surface area (Å²) in [4.78, 5) is 33.6. The molecule has 2 unspecified atom stereocenters. The minimum absolute atomic E-state index is 0.0179. The summed E-state index contributed by atoms with van der Waals surface area (Å²) in [6.07, 6.45) is 1.52. The molecule has 3 atom stereocenters. The number of hydrogen-bond acceptors (Lipinski definition) is 3. The van der Waals surface area contributed by atoms with Gasteiger partial charge in [-0.05, 0) is 54.7 Å². The van der Waals surface area contributed by atoms with Crippen molar-refractivity contribution in [1.82, 2.24) is 15.3 Å². The van der Waals surface area contributed by atoms with E-state index < -0.39 is 0 Å². The van der Waals surface area contributed by atoms with Crippen molar-refractivity contribution in [3.05, 3.63) is 95.8 Å². The molecule has 0 radical (unpaired) electrons. The summed E-state index contributed by atoms with van der Waals surface area (Å²) >= 11 is 0. The number of hydrogen-bond donors (Lipinski definition) is 3. The van der Waals surface area contributed by atoms with Gasteiger partial charge >= 0.3 is 0 Å². The van der Waals surface area contributed by atoms with Crippen LogP contribution in [-0.4, -0.2) is 21.8 Å². The topological polar surface area (TPSA) is 86.9 Å². The highest BCUT2D eigenvalue weighted by Crippen LogP contribution is 2.38. The zero-order valence-electron chi connectivity index (χ0n) is 18.4. The largest absolute Gasteiger partial charge is 0.342 e. The molecular weight excluding hydrogens is 412 g/mol. The van der Waals surface area contributed by atoms with Crippen LogP contribution < -0.4 is 10.6 Å². The second-order valence-electron chi connectivity index (χ2n) is 8.74. The van der Waals surface area contributed by atoms with E-state index in [1.165, 1.54) is 0 Å². The maximum absolute atomic E-state index is 13.2. The lowest BCUT2D eigenvalue weighted by molar-refractivity contribution is -0.117. The van der Waals surface area contributed by atoms with Gasteiger partial charge < -0.3 is 15.6 Å². The van der Waals surface area contributed by atoms with Gasteiger partial charge in [0.15, 0.2) is 0 Å². The van der Waals surface area contributed by atoms with E-state index in [0.717, 1.165) is 23.0 Å². The lowest BCUT2D eigenvalue weighted by atomic mass is 10.0. The minimum Gasteiger partial charge on any atom is -0.342 e. The van der Waals surface area contributed by atoms with Crippen molar-refractivity contribution >= 4 is 28.5 Å². The summed E-state index contributed by atoms with van der Waals surface area (Å²) < 4.78 is 0. The number of para-hydroxylation sites is 2. The number of nitrogens with zero attached hydrogens (tertiary/aromatic N) is 1. The first-order valence-corrected chi connectivity index (χ1v) is 11.3. The summed E-state index contributed by atoms with van der Waals surface area (Å²) in [5.74, 6) is 1.02. The fourth-order valence-corrected chi connectivity index (χ4v) is 4.11. The fraction of sp³-hybridized carbons (Fsp3) is 0.222. The Morgan fingerprint density at radius 3 is 2.55 bits per heavy atom. The number of benzene rings is 3. The first-order chi connectivity index (χ1) is 16.1. The second kappa shape index (κ2) is 8.90. The molecule has 1 fully saturated rings. The number of imidazole rings is 1. The number of nitrogens with one attached hydrogen (secondary N) is 3. The molecular formula is C27H26N4O2. The van der Waals surface area contributed by atoms with Crippen LogP contribution in [0.2, 0.25) is 0 Å². The average Bonchev–Trinajstić information content (AvgIpc) is 3.41. The monoisotopic (exact) mass is 438 g/mol. The standard InChI is InChI=1S/C27H26N4O2/c1-17-14-21(17)27(33)28-20-11-7-10-19(16-20)26(32)31-24(15-18-8-3-2-4-9-18)25-29-22-12-5-6-13-23(22)30-25/h2-13,16-17,21,24H,14-15H2,1H3,(H,28,33)(H,29,30)(H,31,32)/t17?,21?,24-/m0/s1. The quantitative estimate of drug-likeness (QED) is 0.385. The number of carbonyl (C=O) groups is 2. The molecule has 1 heterocycles. The number of fused-ring (bicyclic) bond motifs is 1. The Morgan fingerprint density at radius 2 is 1.79 bits per heavy atom. The van der Waals surface area contributed by atoms with Crippen LogP contribution in [0.1, 0.15) is 41.1 Å². The molecule has 2 amide bonds. The Morgan fingerprint density at radius 1 is 1.03 bits per heavy atom. The Balaban J connectivity index is 1.37. The van der Waals surface area contributed by atoms with E-state index >= 15 is 0 Å². The van der Waals surface area contributed by atoms with E-state index in [4.69, 9.17) is 4.98 Å². The van der Waals surface area contributed by atoms with Gasteiger partial charge in [-0.2, -0.15) is 0 Å². The zero-order chi connectivity index (χ0) is 22.8. The minimum atomic E-state index is -0.335. The molecule has 3 aromatic carbocycles. The van der Waals surface area contributed by atoms with E-state index in [1.807, 2.05) is 60.7 Å². The first kappa shape index (κ1) is 20.9. The van der Waals surface area contributed by atoms with Gasteiger partial charge in [-0.25, -0.2) is 4.98 Å². The van der Waals surface area contributed by atoms with Crippen LogP contribution in [0, 0.1) is 11.8 Å². The molecule has 0 spiro atoms. The molecule has 3 N–H and O–H groups in total.